The molecule has 0 spiro atoms. The van der Waals surface area contributed by atoms with Crippen LogP contribution in [0, 0.1) is 18.3 Å². The molecule has 0 amide bonds. The van der Waals surface area contributed by atoms with Crippen molar-refractivity contribution in [2.24, 2.45) is 0 Å². The SMILES string of the molecule is Cc1cc(C#N)cc(NCCc2ncno2)n1. The van der Waals surface area contributed by atoms with Crippen LogP contribution in [-0.4, -0.2) is 21.7 Å². The molecule has 0 bridgehead atoms. The Kier molecular flexibility index (Phi) is 3.31. The minimum Gasteiger partial charge on any atom is -0.370 e. The van der Waals surface area contributed by atoms with Crippen molar-refractivity contribution in [2.75, 3.05) is 11.9 Å². The summed E-state index contributed by atoms with van der Waals surface area (Å²) in [5, 5.41) is 15.4. The van der Waals surface area contributed by atoms with Gasteiger partial charge in [-0.3, -0.25) is 0 Å². The molecule has 0 aromatic carbocycles. The maximum atomic E-state index is 8.82. The van der Waals surface area contributed by atoms with Crippen LogP contribution in [0.15, 0.2) is 23.0 Å². The van der Waals surface area contributed by atoms with Gasteiger partial charge < -0.3 is 9.84 Å². The molecule has 0 atom stereocenters. The van der Waals surface area contributed by atoms with E-state index in [0.717, 1.165) is 5.69 Å². The highest BCUT2D eigenvalue weighted by atomic mass is 16.5. The average molecular weight is 229 g/mol. The summed E-state index contributed by atoms with van der Waals surface area (Å²) < 4.78 is 4.87. The Morgan fingerprint density at radius 2 is 2.35 bits per heavy atom. The Bertz CT molecular complexity index is 529. The summed E-state index contributed by atoms with van der Waals surface area (Å²) in [6.07, 6.45) is 1.99. The van der Waals surface area contributed by atoms with Crippen LogP contribution in [-0.2, 0) is 6.42 Å². The number of nitriles is 1. The molecule has 0 aliphatic rings. The second-order valence-electron chi connectivity index (χ2n) is 3.51. The Morgan fingerprint density at radius 3 is 3.06 bits per heavy atom. The minimum atomic E-state index is 0.575. The summed E-state index contributed by atoms with van der Waals surface area (Å²) in [5.41, 5.74) is 1.40. The van der Waals surface area contributed by atoms with Crippen LogP contribution in [0.3, 0.4) is 0 Å². The van der Waals surface area contributed by atoms with E-state index in [-0.39, 0.29) is 0 Å². The molecule has 0 fully saturated rings. The lowest BCUT2D eigenvalue weighted by Crippen LogP contribution is -2.07. The maximum Gasteiger partial charge on any atom is 0.228 e. The highest BCUT2D eigenvalue weighted by molar-refractivity contribution is 5.44. The van der Waals surface area contributed by atoms with Crippen LogP contribution in [0.2, 0.25) is 0 Å². The number of rotatable bonds is 4. The predicted molar refractivity (Wildman–Crippen MR) is 60.2 cm³/mol. The fourth-order valence-electron chi connectivity index (χ4n) is 1.43. The van der Waals surface area contributed by atoms with Gasteiger partial charge in [0.05, 0.1) is 11.6 Å². The third kappa shape index (κ3) is 3.01. The van der Waals surface area contributed by atoms with Crippen molar-refractivity contribution < 1.29 is 4.52 Å². The average Bonchev–Trinajstić information content (AvgIpc) is 2.81. The second-order valence-corrected chi connectivity index (χ2v) is 3.51. The van der Waals surface area contributed by atoms with Gasteiger partial charge in [-0.15, -0.1) is 0 Å². The predicted octanol–water partition coefficient (Wildman–Crippen LogP) is 1.30. The largest absolute Gasteiger partial charge is 0.370 e. The molecule has 0 saturated carbocycles. The van der Waals surface area contributed by atoms with Crippen molar-refractivity contribution in [1.29, 1.82) is 5.26 Å². The lowest BCUT2D eigenvalue weighted by atomic mass is 10.2. The molecular weight excluding hydrogens is 218 g/mol. The zero-order valence-electron chi connectivity index (χ0n) is 9.34. The molecule has 0 aliphatic heterocycles. The summed E-state index contributed by atoms with van der Waals surface area (Å²) in [7, 11) is 0. The van der Waals surface area contributed by atoms with Gasteiger partial charge in [0, 0.05) is 18.7 Å². The normalized spacial score (nSPS) is 9.88. The van der Waals surface area contributed by atoms with E-state index >= 15 is 0 Å². The molecule has 0 unspecified atom stereocenters. The summed E-state index contributed by atoms with van der Waals surface area (Å²) in [6, 6.07) is 5.54. The fourth-order valence-corrected chi connectivity index (χ4v) is 1.43. The Morgan fingerprint density at radius 1 is 1.47 bits per heavy atom. The van der Waals surface area contributed by atoms with Gasteiger partial charge >= 0.3 is 0 Å². The quantitative estimate of drug-likeness (QED) is 0.850. The zero-order valence-corrected chi connectivity index (χ0v) is 9.34. The lowest BCUT2D eigenvalue weighted by molar-refractivity contribution is 0.379. The highest BCUT2D eigenvalue weighted by Gasteiger charge is 2.01. The van der Waals surface area contributed by atoms with Crippen LogP contribution < -0.4 is 5.32 Å². The first-order chi connectivity index (χ1) is 8.28. The van der Waals surface area contributed by atoms with E-state index in [1.54, 1.807) is 12.1 Å². The van der Waals surface area contributed by atoms with Crippen molar-refractivity contribution in [3.63, 3.8) is 0 Å². The number of nitrogens with one attached hydrogen (secondary N) is 1. The van der Waals surface area contributed by atoms with E-state index in [9.17, 15) is 0 Å². The molecule has 0 aliphatic carbocycles. The van der Waals surface area contributed by atoms with Gasteiger partial charge in [-0.05, 0) is 19.1 Å². The summed E-state index contributed by atoms with van der Waals surface area (Å²) >= 11 is 0. The van der Waals surface area contributed by atoms with Crippen molar-refractivity contribution in [3.8, 4) is 6.07 Å². The van der Waals surface area contributed by atoms with Gasteiger partial charge in [-0.1, -0.05) is 5.16 Å². The number of aromatic nitrogens is 3. The number of aryl methyl sites for hydroxylation is 1. The molecule has 6 nitrogen and oxygen atoms in total. The molecule has 2 heterocycles. The zero-order chi connectivity index (χ0) is 12.1. The van der Waals surface area contributed by atoms with Crippen molar-refractivity contribution in [1.82, 2.24) is 15.1 Å². The van der Waals surface area contributed by atoms with E-state index in [4.69, 9.17) is 9.78 Å². The summed E-state index contributed by atoms with van der Waals surface area (Å²) in [5.74, 6) is 1.26. The van der Waals surface area contributed by atoms with E-state index in [1.165, 1.54) is 6.33 Å². The van der Waals surface area contributed by atoms with Gasteiger partial charge in [0.25, 0.3) is 0 Å². The van der Waals surface area contributed by atoms with Crippen LogP contribution in [0.1, 0.15) is 17.1 Å². The highest BCUT2D eigenvalue weighted by Crippen LogP contribution is 2.09. The molecule has 6 heteroatoms. The first kappa shape index (κ1) is 11.1. The number of hydrogen-bond acceptors (Lipinski definition) is 6. The number of anilines is 1. The Balaban J connectivity index is 1.95. The minimum absolute atomic E-state index is 0.575. The Hall–Kier alpha value is -2.42. The van der Waals surface area contributed by atoms with Crippen molar-refractivity contribution in [3.05, 3.63) is 35.6 Å². The molecule has 1 N–H and O–H groups in total. The molecular formula is C11H11N5O. The van der Waals surface area contributed by atoms with Gasteiger partial charge in [0.15, 0.2) is 6.33 Å². The molecule has 17 heavy (non-hydrogen) atoms. The monoisotopic (exact) mass is 229 g/mol. The van der Waals surface area contributed by atoms with Crippen molar-refractivity contribution in [2.45, 2.75) is 13.3 Å². The second kappa shape index (κ2) is 5.07. The summed E-state index contributed by atoms with van der Waals surface area (Å²) in [4.78, 5) is 8.18. The number of pyridine rings is 1. The fraction of sp³-hybridized carbons (Fsp3) is 0.273. The van der Waals surface area contributed by atoms with Crippen LogP contribution >= 0.6 is 0 Å². The van der Waals surface area contributed by atoms with Gasteiger partial charge in [-0.25, -0.2) is 4.98 Å². The topological polar surface area (TPSA) is 87.6 Å². The van der Waals surface area contributed by atoms with E-state index < -0.39 is 0 Å². The van der Waals surface area contributed by atoms with E-state index in [2.05, 4.69) is 26.5 Å². The number of nitrogens with zero attached hydrogens (tertiary/aromatic N) is 4. The molecule has 2 rings (SSSR count). The van der Waals surface area contributed by atoms with Crippen LogP contribution in [0.5, 0.6) is 0 Å². The summed E-state index contributed by atoms with van der Waals surface area (Å²) in [6.45, 7) is 2.48. The molecule has 86 valence electrons. The Labute approximate surface area is 98.3 Å². The van der Waals surface area contributed by atoms with Gasteiger partial charge in [-0.2, -0.15) is 10.2 Å². The van der Waals surface area contributed by atoms with Gasteiger partial charge in [0.1, 0.15) is 5.82 Å². The molecule has 0 radical (unpaired) electrons. The van der Waals surface area contributed by atoms with Crippen molar-refractivity contribution >= 4 is 5.82 Å². The van der Waals surface area contributed by atoms with E-state index in [0.29, 0.717) is 30.2 Å². The smallest absolute Gasteiger partial charge is 0.228 e. The molecule has 2 aromatic heterocycles. The lowest BCUT2D eigenvalue weighted by Gasteiger charge is -2.05. The maximum absolute atomic E-state index is 8.82. The van der Waals surface area contributed by atoms with Crippen LogP contribution in [0.25, 0.3) is 0 Å². The standard InChI is InChI=1S/C11H11N5O/c1-8-4-9(6-12)5-10(16-8)13-3-2-11-14-7-15-17-11/h4-5,7H,2-3H2,1H3,(H,13,16). The molecule has 2 aromatic rings. The third-order valence-corrected chi connectivity index (χ3v) is 2.13. The van der Waals surface area contributed by atoms with Gasteiger partial charge in [0.2, 0.25) is 5.89 Å². The van der Waals surface area contributed by atoms with E-state index in [1.807, 2.05) is 6.92 Å². The third-order valence-electron chi connectivity index (χ3n) is 2.13. The first-order valence-electron chi connectivity index (χ1n) is 5.16. The molecule has 0 saturated heterocycles. The van der Waals surface area contributed by atoms with Crippen LogP contribution in [0.4, 0.5) is 5.82 Å². The first-order valence-corrected chi connectivity index (χ1v) is 5.16. The number of hydrogen-bond donors (Lipinski definition) is 1.